The van der Waals surface area contributed by atoms with Gasteiger partial charge in [0.15, 0.2) is 23.0 Å². The second-order valence-electron chi connectivity index (χ2n) is 8.21. The van der Waals surface area contributed by atoms with Crippen LogP contribution in [0.1, 0.15) is 44.2 Å². The van der Waals surface area contributed by atoms with E-state index in [2.05, 4.69) is 13.2 Å². The highest BCUT2D eigenvalue weighted by Crippen LogP contribution is 2.29. The molecule has 0 radical (unpaired) electrons. The van der Waals surface area contributed by atoms with Crippen molar-refractivity contribution in [3.8, 4) is 23.0 Å². The molecular formula is C27H36O6. The molecule has 0 saturated heterocycles. The molecule has 0 heterocycles. The Morgan fingerprint density at radius 2 is 1.15 bits per heavy atom. The van der Waals surface area contributed by atoms with Crippen LogP contribution in [0.2, 0.25) is 0 Å². The van der Waals surface area contributed by atoms with Gasteiger partial charge < -0.3 is 29.2 Å². The number of methoxy groups -OCH3 is 2. The van der Waals surface area contributed by atoms with E-state index in [1.807, 2.05) is 38.1 Å². The first-order chi connectivity index (χ1) is 15.7. The summed E-state index contributed by atoms with van der Waals surface area (Å²) in [5.41, 5.74) is 2.10. The zero-order chi connectivity index (χ0) is 24.4. The van der Waals surface area contributed by atoms with Crippen molar-refractivity contribution in [2.75, 3.05) is 14.2 Å². The fourth-order valence-electron chi connectivity index (χ4n) is 3.72. The standard InChI is InChI=1S/C27H36O6/c1-18(2)32-22(11-7-20-9-13-24(28)26(15-20)30-5)17-23(33-19(3)4)12-8-21-10-14-25(29)27(16-21)31-6/h9-10,13-16,22-23,28-29H,1,3,7-8,11-12,17H2,2,4-6H3/t22-,23+. The number of rotatable bonds is 14. The van der Waals surface area contributed by atoms with Crippen molar-refractivity contribution < 1.29 is 29.2 Å². The maximum atomic E-state index is 9.83. The number of aryl methyl sites for hydroxylation is 2. The van der Waals surface area contributed by atoms with Crippen LogP contribution >= 0.6 is 0 Å². The lowest BCUT2D eigenvalue weighted by Crippen LogP contribution is -2.24. The van der Waals surface area contributed by atoms with Gasteiger partial charge in [-0.25, -0.2) is 0 Å². The molecule has 0 bridgehead atoms. The van der Waals surface area contributed by atoms with Crippen LogP contribution < -0.4 is 9.47 Å². The van der Waals surface area contributed by atoms with Crippen molar-refractivity contribution in [2.24, 2.45) is 0 Å². The van der Waals surface area contributed by atoms with Crippen molar-refractivity contribution in [3.05, 3.63) is 72.2 Å². The Morgan fingerprint density at radius 3 is 1.48 bits per heavy atom. The lowest BCUT2D eigenvalue weighted by molar-refractivity contribution is 0.0295. The average Bonchev–Trinajstić information content (AvgIpc) is 2.76. The van der Waals surface area contributed by atoms with Crippen LogP contribution in [-0.4, -0.2) is 36.6 Å². The van der Waals surface area contributed by atoms with Crippen LogP contribution in [0.4, 0.5) is 0 Å². The molecule has 0 aromatic heterocycles. The van der Waals surface area contributed by atoms with Gasteiger partial charge in [0.1, 0.15) is 12.2 Å². The molecule has 0 spiro atoms. The number of aromatic hydroxyl groups is 2. The largest absolute Gasteiger partial charge is 0.504 e. The zero-order valence-electron chi connectivity index (χ0n) is 20.1. The number of ether oxygens (including phenoxy) is 4. The molecule has 2 atom stereocenters. The molecule has 0 aliphatic rings. The van der Waals surface area contributed by atoms with Gasteiger partial charge >= 0.3 is 0 Å². The van der Waals surface area contributed by atoms with E-state index in [-0.39, 0.29) is 23.7 Å². The first kappa shape index (κ1) is 26.0. The highest BCUT2D eigenvalue weighted by atomic mass is 16.5. The quantitative estimate of drug-likeness (QED) is 0.344. The third kappa shape index (κ3) is 8.64. The SMILES string of the molecule is C=C(C)O[C@H](CCc1ccc(O)c(OC)c1)C[C@H](CCc1ccc(O)c(OC)c1)OC(=C)C. The Hall–Kier alpha value is -3.28. The highest BCUT2D eigenvalue weighted by molar-refractivity contribution is 5.42. The van der Waals surface area contributed by atoms with Crippen molar-refractivity contribution in [2.45, 2.75) is 58.2 Å². The lowest BCUT2D eigenvalue weighted by atomic mass is 9.98. The molecule has 180 valence electrons. The summed E-state index contributed by atoms with van der Waals surface area (Å²) in [5.74, 6) is 2.46. The van der Waals surface area contributed by atoms with Crippen LogP contribution in [0.25, 0.3) is 0 Å². The highest BCUT2D eigenvalue weighted by Gasteiger charge is 2.20. The number of allylic oxidation sites excluding steroid dienone is 2. The smallest absolute Gasteiger partial charge is 0.160 e. The summed E-state index contributed by atoms with van der Waals surface area (Å²) in [6.07, 6.45) is 3.49. The Labute approximate surface area is 197 Å². The molecule has 0 amide bonds. The van der Waals surface area contributed by atoms with Gasteiger partial charge in [-0.1, -0.05) is 25.3 Å². The molecule has 0 aliphatic heterocycles. The molecule has 2 rings (SSSR count). The number of phenolic OH excluding ortho intramolecular Hbond substituents is 2. The van der Waals surface area contributed by atoms with Gasteiger partial charge in [-0.15, -0.1) is 0 Å². The normalized spacial score (nSPS) is 12.5. The lowest BCUT2D eigenvalue weighted by Gasteiger charge is -2.26. The van der Waals surface area contributed by atoms with Crippen LogP contribution in [0.3, 0.4) is 0 Å². The van der Waals surface area contributed by atoms with Gasteiger partial charge in [0.05, 0.1) is 25.7 Å². The summed E-state index contributed by atoms with van der Waals surface area (Å²) in [5, 5.41) is 19.7. The summed E-state index contributed by atoms with van der Waals surface area (Å²) in [6.45, 7) is 11.5. The predicted octanol–water partition coefficient (Wildman–Crippen LogP) is 5.91. The van der Waals surface area contributed by atoms with Gasteiger partial charge in [-0.2, -0.15) is 0 Å². The summed E-state index contributed by atoms with van der Waals surface area (Å²) in [4.78, 5) is 0. The minimum atomic E-state index is -0.0963. The van der Waals surface area contributed by atoms with E-state index in [9.17, 15) is 10.2 Å². The molecule has 0 fully saturated rings. The van der Waals surface area contributed by atoms with Crippen molar-refractivity contribution in [3.63, 3.8) is 0 Å². The fourth-order valence-corrected chi connectivity index (χ4v) is 3.72. The van der Waals surface area contributed by atoms with Crippen molar-refractivity contribution in [1.82, 2.24) is 0 Å². The van der Waals surface area contributed by atoms with Gasteiger partial charge in [-0.05, 0) is 74.9 Å². The molecule has 6 heteroatoms. The second kappa shape index (κ2) is 12.7. The summed E-state index contributed by atoms with van der Waals surface area (Å²) in [7, 11) is 3.07. The molecule has 2 N–H and O–H groups in total. The van der Waals surface area contributed by atoms with Crippen LogP contribution in [0.5, 0.6) is 23.0 Å². The van der Waals surface area contributed by atoms with Gasteiger partial charge in [-0.3, -0.25) is 0 Å². The average molecular weight is 457 g/mol. The monoisotopic (exact) mass is 456 g/mol. The van der Waals surface area contributed by atoms with Crippen LogP contribution in [0, 0.1) is 0 Å². The third-order valence-corrected chi connectivity index (χ3v) is 5.26. The first-order valence-corrected chi connectivity index (χ1v) is 11.1. The minimum Gasteiger partial charge on any atom is -0.504 e. The van der Waals surface area contributed by atoms with E-state index in [4.69, 9.17) is 18.9 Å². The molecule has 6 nitrogen and oxygen atoms in total. The molecular weight excluding hydrogens is 420 g/mol. The third-order valence-electron chi connectivity index (χ3n) is 5.26. The maximum absolute atomic E-state index is 9.83. The zero-order valence-corrected chi connectivity index (χ0v) is 20.1. The number of phenols is 2. The molecule has 0 unspecified atom stereocenters. The van der Waals surface area contributed by atoms with Gasteiger partial charge in [0.2, 0.25) is 0 Å². The Balaban J connectivity index is 2.07. The Bertz CT molecular complexity index is 861. The van der Waals surface area contributed by atoms with E-state index in [0.29, 0.717) is 29.4 Å². The summed E-state index contributed by atoms with van der Waals surface area (Å²) >= 11 is 0. The Morgan fingerprint density at radius 1 is 0.758 bits per heavy atom. The predicted molar refractivity (Wildman–Crippen MR) is 130 cm³/mol. The number of hydrogen-bond donors (Lipinski definition) is 2. The molecule has 0 saturated carbocycles. The van der Waals surface area contributed by atoms with Gasteiger partial charge in [0, 0.05) is 6.42 Å². The number of hydrogen-bond acceptors (Lipinski definition) is 6. The van der Waals surface area contributed by atoms with Crippen LogP contribution in [0.15, 0.2) is 61.1 Å². The van der Waals surface area contributed by atoms with Crippen LogP contribution in [-0.2, 0) is 22.3 Å². The number of benzene rings is 2. The first-order valence-electron chi connectivity index (χ1n) is 11.1. The molecule has 0 aliphatic carbocycles. The second-order valence-corrected chi connectivity index (χ2v) is 8.21. The molecule has 2 aromatic carbocycles. The fraction of sp³-hybridized carbons (Fsp3) is 0.407. The van der Waals surface area contributed by atoms with E-state index in [1.165, 1.54) is 14.2 Å². The van der Waals surface area contributed by atoms with Gasteiger partial charge in [0.25, 0.3) is 0 Å². The topological polar surface area (TPSA) is 77.4 Å². The van der Waals surface area contributed by atoms with E-state index >= 15 is 0 Å². The Kier molecular flexibility index (Phi) is 9.98. The van der Waals surface area contributed by atoms with E-state index < -0.39 is 0 Å². The minimum absolute atomic E-state index is 0.0963. The van der Waals surface area contributed by atoms with E-state index in [1.54, 1.807) is 12.1 Å². The van der Waals surface area contributed by atoms with E-state index in [0.717, 1.165) is 36.8 Å². The summed E-state index contributed by atoms with van der Waals surface area (Å²) in [6, 6.07) is 10.7. The van der Waals surface area contributed by atoms with Crippen molar-refractivity contribution in [1.29, 1.82) is 0 Å². The maximum Gasteiger partial charge on any atom is 0.160 e. The van der Waals surface area contributed by atoms with Crippen molar-refractivity contribution >= 4 is 0 Å². The summed E-state index contributed by atoms with van der Waals surface area (Å²) < 4.78 is 22.5. The molecule has 33 heavy (non-hydrogen) atoms. The molecule has 2 aromatic rings.